The van der Waals surface area contributed by atoms with Gasteiger partial charge in [-0.05, 0) is 62.0 Å². The Morgan fingerprint density at radius 3 is 2.75 bits per heavy atom. The van der Waals surface area contributed by atoms with Gasteiger partial charge in [-0.25, -0.2) is 9.97 Å². The van der Waals surface area contributed by atoms with Gasteiger partial charge in [-0.2, -0.15) is 0 Å². The van der Waals surface area contributed by atoms with Crippen molar-refractivity contribution in [1.82, 2.24) is 24.7 Å². The van der Waals surface area contributed by atoms with Gasteiger partial charge in [-0.15, -0.1) is 0 Å². The second-order valence-electron chi connectivity index (χ2n) is 9.36. The van der Waals surface area contributed by atoms with Gasteiger partial charge >= 0.3 is 0 Å². The third-order valence-electron chi connectivity index (χ3n) is 7.27. The Balaban J connectivity index is 1.40. The zero-order valence-electron chi connectivity index (χ0n) is 18.1. The first-order valence-corrected chi connectivity index (χ1v) is 11.6. The number of para-hydroxylation sites is 1. The van der Waals surface area contributed by atoms with Crippen LogP contribution in [-0.2, 0) is 4.79 Å². The molecule has 0 bridgehead atoms. The third-order valence-corrected chi connectivity index (χ3v) is 7.27. The number of hydrogen-bond acceptors (Lipinski definition) is 4. The predicted molar refractivity (Wildman–Crippen MR) is 125 cm³/mol. The molecule has 164 valence electrons. The minimum Gasteiger partial charge on any atom is -0.382 e. The molecule has 0 atom stereocenters. The van der Waals surface area contributed by atoms with E-state index in [1.54, 1.807) is 6.20 Å². The summed E-state index contributed by atoms with van der Waals surface area (Å²) in [5.41, 5.74) is 11.8. The van der Waals surface area contributed by atoms with Crippen molar-refractivity contribution in [3.8, 4) is 11.4 Å². The van der Waals surface area contributed by atoms with Gasteiger partial charge < -0.3 is 16.0 Å². The van der Waals surface area contributed by atoms with Gasteiger partial charge in [0.05, 0.1) is 5.69 Å². The zero-order valence-corrected chi connectivity index (χ0v) is 18.1. The zero-order chi connectivity index (χ0) is 21.7. The lowest BCUT2D eigenvalue weighted by molar-refractivity contribution is -0.109. The summed E-state index contributed by atoms with van der Waals surface area (Å²) in [6.07, 6.45) is 11.4. The van der Waals surface area contributed by atoms with E-state index in [0.29, 0.717) is 23.6 Å². The Hall–Kier alpha value is -3.35. The molecule has 4 aromatic rings. The fourth-order valence-electron chi connectivity index (χ4n) is 5.44. The van der Waals surface area contributed by atoms with E-state index in [-0.39, 0.29) is 0 Å². The number of carbonyl (C=O) groups is 1. The van der Waals surface area contributed by atoms with Crippen LogP contribution in [0.25, 0.3) is 27.8 Å². The van der Waals surface area contributed by atoms with E-state index in [9.17, 15) is 4.79 Å². The van der Waals surface area contributed by atoms with Crippen molar-refractivity contribution in [1.29, 1.82) is 0 Å². The van der Waals surface area contributed by atoms with Gasteiger partial charge in [-0.1, -0.05) is 18.2 Å². The molecule has 3 heterocycles. The molecule has 3 aromatic heterocycles. The summed E-state index contributed by atoms with van der Waals surface area (Å²) in [6, 6.07) is 8.75. The number of carbonyl (C=O) groups excluding carboxylic acids is 1. The minimum atomic E-state index is 0.372. The smallest absolute Gasteiger partial charge is 0.207 e. The number of imidazole rings is 1. The summed E-state index contributed by atoms with van der Waals surface area (Å²) in [6.45, 7) is 0.763. The number of amides is 1. The van der Waals surface area contributed by atoms with E-state index in [0.717, 1.165) is 61.4 Å². The molecule has 0 unspecified atom stereocenters. The Bertz CT molecular complexity index is 1290. The molecule has 0 aliphatic heterocycles. The number of nitrogens with two attached hydrogens (primary N) is 1. The molecule has 0 spiro atoms. The summed E-state index contributed by atoms with van der Waals surface area (Å²) < 4.78 is 2.14. The molecule has 2 aliphatic carbocycles. The standard InChI is InChI=1S/C25H28N6O/c26-24-23-22(20-12-18-2-1-3-19(16-8-9-16)21(18)29-20)30-25(31(23)11-10-28-24)17-6-4-15(5-7-17)13-27-14-32/h1-3,10-12,14-17,29H,4-9,13H2,(H2,26,28)(H,27,32). The highest BCUT2D eigenvalue weighted by molar-refractivity contribution is 5.93. The van der Waals surface area contributed by atoms with Crippen LogP contribution in [0.15, 0.2) is 36.7 Å². The van der Waals surface area contributed by atoms with E-state index in [2.05, 4.69) is 44.0 Å². The average Bonchev–Trinajstić information content (AvgIpc) is 3.44. The first kappa shape index (κ1) is 19.3. The molecule has 0 radical (unpaired) electrons. The molecule has 7 heteroatoms. The minimum absolute atomic E-state index is 0.372. The number of aromatic amines is 1. The Morgan fingerprint density at radius 2 is 1.97 bits per heavy atom. The summed E-state index contributed by atoms with van der Waals surface area (Å²) in [7, 11) is 0. The van der Waals surface area contributed by atoms with E-state index < -0.39 is 0 Å². The Kier molecular flexibility index (Phi) is 4.63. The van der Waals surface area contributed by atoms with E-state index in [1.165, 1.54) is 29.3 Å². The van der Waals surface area contributed by atoms with Gasteiger partial charge in [0.25, 0.3) is 0 Å². The largest absolute Gasteiger partial charge is 0.382 e. The van der Waals surface area contributed by atoms with Gasteiger partial charge in [0, 0.05) is 35.8 Å². The van der Waals surface area contributed by atoms with Gasteiger partial charge in [0.1, 0.15) is 22.9 Å². The molecular weight excluding hydrogens is 400 g/mol. The first-order valence-electron chi connectivity index (χ1n) is 11.6. The van der Waals surface area contributed by atoms with Crippen molar-refractivity contribution < 1.29 is 4.79 Å². The van der Waals surface area contributed by atoms with Crippen LogP contribution in [0, 0.1) is 5.92 Å². The van der Waals surface area contributed by atoms with Crippen molar-refractivity contribution in [3.63, 3.8) is 0 Å². The van der Waals surface area contributed by atoms with Crippen molar-refractivity contribution in [2.24, 2.45) is 5.92 Å². The number of benzene rings is 1. The Morgan fingerprint density at radius 1 is 1.16 bits per heavy atom. The number of anilines is 1. The van der Waals surface area contributed by atoms with Crippen LogP contribution in [0.2, 0.25) is 0 Å². The SMILES string of the molecule is Nc1nccn2c(C3CCC(CNC=O)CC3)nc(-c3cc4cccc(C5CC5)c4[nH]3)c12. The maximum Gasteiger partial charge on any atom is 0.207 e. The fraction of sp³-hybridized carbons (Fsp3) is 0.400. The monoisotopic (exact) mass is 428 g/mol. The van der Waals surface area contributed by atoms with Crippen LogP contribution in [0.5, 0.6) is 0 Å². The van der Waals surface area contributed by atoms with Crippen LogP contribution >= 0.6 is 0 Å². The molecule has 4 N–H and O–H groups in total. The number of nitrogen functional groups attached to an aromatic ring is 1. The number of fused-ring (bicyclic) bond motifs is 2. The highest BCUT2D eigenvalue weighted by atomic mass is 16.1. The van der Waals surface area contributed by atoms with Crippen molar-refractivity contribution in [2.45, 2.75) is 50.4 Å². The number of aromatic nitrogens is 4. The second-order valence-corrected chi connectivity index (χ2v) is 9.36. The molecule has 2 saturated carbocycles. The highest BCUT2D eigenvalue weighted by Crippen LogP contribution is 2.44. The van der Waals surface area contributed by atoms with Crippen LogP contribution in [0.4, 0.5) is 5.82 Å². The molecule has 6 rings (SSSR count). The van der Waals surface area contributed by atoms with Crippen LogP contribution < -0.4 is 11.1 Å². The molecular formula is C25H28N6O. The molecule has 7 nitrogen and oxygen atoms in total. The molecule has 2 fully saturated rings. The quantitative estimate of drug-likeness (QED) is 0.397. The van der Waals surface area contributed by atoms with E-state index in [4.69, 9.17) is 10.7 Å². The third kappa shape index (κ3) is 3.23. The van der Waals surface area contributed by atoms with Crippen LogP contribution in [0.1, 0.15) is 61.7 Å². The molecule has 1 aromatic carbocycles. The number of nitrogens with one attached hydrogen (secondary N) is 2. The lowest BCUT2D eigenvalue weighted by Gasteiger charge is -2.27. The van der Waals surface area contributed by atoms with E-state index >= 15 is 0 Å². The molecule has 1 amide bonds. The summed E-state index contributed by atoms with van der Waals surface area (Å²) >= 11 is 0. The lowest BCUT2D eigenvalue weighted by Crippen LogP contribution is -2.25. The maximum atomic E-state index is 10.6. The number of H-pyrrole nitrogens is 1. The lowest BCUT2D eigenvalue weighted by atomic mass is 9.81. The summed E-state index contributed by atoms with van der Waals surface area (Å²) in [4.78, 5) is 23.8. The predicted octanol–water partition coefficient (Wildman–Crippen LogP) is 4.36. The van der Waals surface area contributed by atoms with Crippen molar-refractivity contribution in [3.05, 3.63) is 48.0 Å². The van der Waals surface area contributed by atoms with Crippen LogP contribution in [-0.4, -0.2) is 32.3 Å². The van der Waals surface area contributed by atoms with Crippen molar-refractivity contribution in [2.75, 3.05) is 12.3 Å². The maximum absolute atomic E-state index is 10.6. The Labute approximate surface area is 186 Å². The second kappa shape index (κ2) is 7.65. The van der Waals surface area contributed by atoms with Gasteiger partial charge in [0.2, 0.25) is 6.41 Å². The number of rotatable bonds is 6. The summed E-state index contributed by atoms with van der Waals surface area (Å²) in [5.74, 6) is 3.16. The molecule has 2 aliphatic rings. The number of hydrogen-bond donors (Lipinski definition) is 3. The van der Waals surface area contributed by atoms with Gasteiger partial charge in [-0.3, -0.25) is 9.20 Å². The van der Waals surface area contributed by atoms with Crippen molar-refractivity contribution >= 4 is 28.6 Å². The molecule has 0 saturated heterocycles. The first-order chi connectivity index (χ1) is 15.7. The highest BCUT2D eigenvalue weighted by Gasteiger charge is 2.29. The summed E-state index contributed by atoms with van der Waals surface area (Å²) in [5, 5.41) is 4.05. The molecule has 32 heavy (non-hydrogen) atoms. The van der Waals surface area contributed by atoms with E-state index in [1.807, 2.05) is 6.20 Å². The van der Waals surface area contributed by atoms with Crippen LogP contribution in [0.3, 0.4) is 0 Å². The fourth-order valence-corrected chi connectivity index (χ4v) is 5.44. The number of nitrogens with zero attached hydrogens (tertiary/aromatic N) is 3. The van der Waals surface area contributed by atoms with Gasteiger partial charge in [0.15, 0.2) is 0 Å². The topological polar surface area (TPSA) is 101 Å². The average molecular weight is 429 g/mol. The normalized spacial score (nSPS) is 21.2.